The van der Waals surface area contributed by atoms with Crippen LogP contribution in [0.15, 0.2) is 6.20 Å². The molecule has 0 bridgehead atoms. The Morgan fingerprint density at radius 3 is 2.43 bits per heavy atom. The van der Waals surface area contributed by atoms with Crippen molar-refractivity contribution in [3.05, 3.63) is 23.3 Å². The van der Waals surface area contributed by atoms with Gasteiger partial charge in [-0.05, 0) is 20.3 Å². The molecule has 1 aromatic heterocycles. The molecule has 1 heterocycles. The summed E-state index contributed by atoms with van der Waals surface area (Å²) < 4.78 is 49.0. The molecule has 118 valence electrons. The first kappa shape index (κ1) is 17.4. The Labute approximate surface area is 120 Å². The Kier molecular flexibility index (Phi) is 6.07. The van der Waals surface area contributed by atoms with Crippen molar-refractivity contribution in [3.63, 3.8) is 0 Å². The minimum absolute atomic E-state index is 0.0333. The van der Waals surface area contributed by atoms with Gasteiger partial charge in [0.25, 0.3) is 0 Å². The molecule has 0 amide bonds. The second-order valence-corrected chi connectivity index (χ2v) is 4.06. The second kappa shape index (κ2) is 7.35. The van der Waals surface area contributed by atoms with Gasteiger partial charge in [0.2, 0.25) is 0 Å². The van der Waals surface area contributed by atoms with Gasteiger partial charge >= 0.3 is 12.1 Å². The SMILES string of the molecule is CCOC(=O)c1cnc(C(CC)OCC)nc1C(F)(F)F. The van der Waals surface area contributed by atoms with E-state index in [1.54, 1.807) is 13.8 Å². The van der Waals surface area contributed by atoms with Crippen LogP contribution in [-0.2, 0) is 15.7 Å². The molecular formula is C13H17F3N2O3. The average Bonchev–Trinajstić information content (AvgIpc) is 2.43. The molecule has 0 saturated heterocycles. The minimum Gasteiger partial charge on any atom is -0.462 e. The lowest BCUT2D eigenvalue weighted by Gasteiger charge is -2.16. The summed E-state index contributed by atoms with van der Waals surface area (Å²) in [5.74, 6) is -1.19. The van der Waals surface area contributed by atoms with Crippen LogP contribution in [0.25, 0.3) is 0 Å². The van der Waals surface area contributed by atoms with Crippen molar-refractivity contribution in [1.82, 2.24) is 9.97 Å². The van der Waals surface area contributed by atoms with E-state index in [0.29, 0.717) is 13.0 Å². The lowest BCUT2D eigenvalue weighted by Crippen LogP contribution is -2.20. The smallest absolute Gasteiger partial charge is 0.434 e. The van der Waals surface area contributed by atoms with Crippen LogP contribution in [0.3, 0.4) is 0 Å². The molecule has 1 unspecified atom stereocenters. The maximum absolute atomic E-state index is 13.0. The second-order valence-electron chi connectivity index (χ2n) is 4.06. The molecule has 0 N–H and O–H groups in total. The molecule has 5 nitrogen and oxygen atoms in total. The van der Waals surface area contributed by atoms with Crippen molar-refractivity contribution >= 4 is 5.97 Å². The molecule has 0 aromatic carbocycles. The van der Waals surface area contributed by atoms with Crippen LogP contribution in [0.5, 0.6) is 0 Å². The van der Waals surface area contributed by atoms with Gasteiger partial charge in [0.05, 0.1) is 6.61 Å². The molecule has 0 aliphatic carbocycles. The number of alkyl halides is 3. The summed E-state index contributed by atoms with van der Waals surface area (Å²) in [6.45, 7) is 5.26. The number of ether oxygens (including phenoxy) is 2. The summed E-state index contributed by atoms with van der Waals surface area (Å²) in [6, 6.07) is 0. The van der Waals surface area contributed by atoms with E-state index < -0.39 is 29.5 Å². The third kappa shape index (κ3) is 4.38. The first-order valence-electron chi connectivity index (χ1n) is 6.57. The standard InChI is InChI=1S/C13H17F3N2O3/c1-4-9(20-5-2)11-17-7-8(12(19)21-6-3)10(18-11)13(14,15)16/h7,9H,4-6H2,1-3H3. The fourth-order valence-corrected chi connectivity index (χ4v) is 1.70. The average molecular weight is 306 g/mol. The van der Waals surface area contributed by atoms with E-state index >= 15 is 0 Å². The number of carbonyl (C=O) groups excluding carboxylic acids is 1. The topological polar surface area (TPSA) is 61.3 Å². The number of hydrogen-bond donors (Lipinski definition) is 0. The minimum atomic E-state index is -4.77. The predicted molar refractivity (Wildman–Crippen MR) is 67.6 cm³/mol. The Balaban J connectivity index is 3.28. The molecular weight excluding hydrogens is 289 g/mol. The molecule has 0 aliphatic heterocycles. The van der Waals surface area contributed by atoms with E-state index in [1.807, 2.05) is 0 Å². The number of aromatic nitrogens is 2. The van der Waals surface area contributed by atoms with Crippen molar-refractivity contribution in [2.75, 3.05) is 13.2 Å². The van der Waals surface area contributed by atoms with Gasteiger partial charge in [-0.2, -0.15) is 13.2 Å². The predicted octanol–water partition coefficient (Wildman–Crippen LogP) is 3.16. The molecule has 0 spiro atoms. The maximum Gasteiger partial charge on any atom is 0.434 e. The van der Waals surface area contributed by atoms with E-state index in [4.69, 9.17) is 4.74 Å². The third-order valence-corrected chi connectivity index (χ3v) is 2.60. The Hall–Kier alpha value is -1.70. The lowest BCUT2D eigenvalue weighted by atomic mass is 10.2. The van der Waals surface area contributed by atoms with Crippen LogP contribution in [0.1, 0.15) is 55.2 Å². The summed E-state index contributed by atoms with van der Waals surface area (Å²) in [5, 5.41) is 0. The van der Waals surface area contributed by atoms with E-state index in [1.165, 1.54) is 6.92 Å². The molecule has 1 atom stereocenters. The van der Waals surface area contributed by atoms with E-state index in [9.17, 15) is 18.0 Å². The summed E-state index contributed by atoms with van der Waals surface area (Å²) in [5.41, 5.74) is -2.00. The molecule has 0 radical (unpaired) electrons. The molecule has 0 fully saturated rings. The molecule has 1 rings (SSSR count). The fraction of sp³-hybridized carbons (Fsp3) is 0.615. The highest BCUT2D eigenvalue weighted by atomic mass is 19.4. The molecule has 0 saturated carbocycles. The van der Waals surface area contributed by atoms with Crippen LogP contribution < -0.4 is 0 Å². The number of rotatable bonds is 6. The van der Waals surface area contributed by atoms with Crippen molar-refractivity contribution in [2.45, 2.75) is 39.5 Å². The van der Waals surface area contributed by atoms with Crippen LogP contribution in [0.4, 0.5) is 13.2 Å². The highest BCUT2D eigenvalue weighted by Gasteiger charge is 2.39. The largest absolute Gasteiger partial charge is 0.462 e. The van der Waals surface area contributed by atoms with Gasteiger partial charge in [-0.25, -0.2) is 14.8 Å². The van der Waals surface area contributed by atoms with E-state index in [2.05, 4.69) is 14.7 Å². The van der Waals surface area contributed by atoms with Gasteiger partial charge in [0.15, 0.2) is 11.5 Å². The Morgan fingerprint density at radius 2 is 1.95 bits per heavy atom. The molecule has 8 heteroatoms. The van der Waals surface area contributed by atoms with E-state index in [-0.39, 0.29) is 12.4 Å². The molecule has 1 aromatic rings. The summed E-state index contributed by atoms with van der Waals surface area (Å²) in [4.78, 5) is 18.8. The Morgan fingerprint density at radius 1 is 1.29 bits per heavy atom. The zero-order valence-corrected chi connectivity index (χ0v) is 12.0. The van der Waals surface area contributed by atoms with Crippen LogP contribution in [0.2, 0.25) is 0 Å². The van der Waals surface area contributed by atoms with Crippen molar-refractivity contribution < 1.29 is 27.4 Å². The van der Waals surface area contributed by atoms with Gasteiger partial charge in [0, 0.05) is 12.8 Å². The van der Waals surface area contributed by atoms with Crippen molar-refractivity contribution in [3.8, 4) is 0 Å². The van der Waals surface area contributed by atoms with Gasteiger partial charge in [0.1, 0.15) is 11.7 Å². The molecule has 0 aliphatic rings. The van der Waals surface area contributed by atoms with Gasteiger partial charge in [-0.1, -0.05) is 6.92 Å². The quantitative estimate of drug-likeness (QED) is 0.755. The van der Waals surface area contributed by atoms with Crippen molar-refractivity contribution in [1.29, 1.82) is 0 Å². The highest BCUT2D eigenvalue weighted by molar-refractivity contribution is 5.90. The van der Waals surface area contributed by atoms with Crippen LogP contribution in [0, 0.1) is 0 Å². The monoisotopic (exact) mass is 306 g/mol. The first-order valence-corrected chi connectivity index (χ1v) is 6.57. The zero-order valence-electron chi connectivity index (χ0n) is 12.0. The number of nitrogens with zero attached hydrogens (tertiary/aromatic N) is 2. The highest BCUT2D eigenvalue weighted by Crippen LogP contribution is 2.31. The van der Waals surface area contributed by atoms with Gasteiger partial charge < -0.3 is 9.47 Å². The van der Waals surface area contributed by atoms with Crippen molar-refractivity contribution in [2.24, 2.45) is 0 Å². The zero-order chi connectivity index (χ0) is 16.0. The summed E-state index contributed by atoms with van der Waals surface area (Å²) in [6.07, 6.45) is -4.16. The van der Waals surface area contributed by atoms with Crippen LogP contribution in [-0.4, -0.2) is 29.2 Å². The first-order chi connectivity index (χ1) is 9.85. The number of esters is 1. The summed E-state index contributed by atoms with van der Waals surface area (Å²) in [7, 11) is 0. The van der Waals surface area contributed by atoms with Gasteiger partial charge in [-0.3, -0.25) is 0 Å². The summed E-state index contributed by atoms with van der Waals surface area (Å²) >= 11 is 0. The number of halogens is 3. The van der Waals surface area contributed by atoms with E-state index in [0.717, 1.165) is 6.20 Å². The molecule has 21 heavy (non-hydrogen) atoms. The number of carbonyl (C=O) groups is 1. The lowest BCUT2D eigenvalue weighted by molar-refractivity contribution is -0.142. The number of hydrogen-bond acceptors (Lipinski definition) is 5. The fourth-order valence-electron chi connectivity index (χ4n) is 1.70. The third-order valence-electron chi connectivity index (χ3n) is 2.60. The Bertz CT molecular complexity index is 492. The van der Waals surface area contributed by atoms with Crippen LogP contribution >= 0.6 is 0 Å². The normalized spacial score (nSPS) is 13.0. The maximum atomic E-state index is 13.0. The van der Waals surface area contributed by atoms with Gasteiger partial charge in [-0.15, -0.1) is 0 Å².